The fourth-order valence-corrected chi connectivity index (χ4v) is 3.93. The number of hydrogen-bond acceptors (Lipinski definition) is 3. The molecule has 0 amide bonds. The van der Waals surface area contributed by atoms with Gasteiger partial charge in [-0.1, -0.05) is 58.1 Å². The Morgan fingerprint density at radius 1 is 1.12 bits per heavy atom. The fraction of sp³-hybridized carbons (Fsp3) is 0.652. The molecule has 0 bridgehead atoms. The van der Waals surface area contributed by atoms with Crippen LogP contribution in [0.4, 0.5) is 0 Å². The van der Waals surface area contributed by atoms with Gasteiger partial charge in [0.2, 0.25) is 0 Å². The molecule has 0 heterocycles. The number of ether oxygens (including phenoxy) is 1. The second kappa shape index (κ2) is 10.4. The highest BCUT2D eigenvalue weighted by atomic mass is 16.5. The van der Waals surface area contributed by atoms with Gasteiger partial charge in [-0.15, -0.1) is 0 Å². The van der Waals surface area contributed by atoms with Gasteiger partial charge in [0.25, 0.3) is 0 Å². The third-order valence-electron chi connectivity index (χ3n) is 5.70. The summed E-state index contributed by atoms with van der Waals surface area (Å²) in [6.07, 6.45) is 11.1. The Balaban J connectivity index is 1.82. The second-order valence-corrected chi connectivity index (χ2v) is 7.79. The maximum absolute atomic E-state index is 12.5. The van der Waals surface area contributed by atoms with E-state index in [1.807, 2.05) is 24.3 Å². The zero-order valence-corrected chi connectivity index (χ0v) is 16.4. The highest BCUT2D eigenvalue weighted by molar-refractivity contribution is 5.75. The molecule has 26 heavy (non-hydrogen) atoms. The Morgan fingerprint density at radius 3 is 2.38 bits per heavy atom. The molecule has 142 valence electrons. The second-order valence-electron chi connectivity index (χ2n) is 7.79. The van der Waals surface area contributed by atoms with Gasteiger partial charge in [0, 0.05) is 0 Å². The van der Waals surface area contributed by atoms with Crippen LogP contribution in [0.1, 0.15) is 83.6 Å². The molecule has 0 spiro atoms. The standard InChI is InChI=1S/C23H33NO2/c1-3-5-6-7-15-23(18-24)16-13-20(14-17-23)22(25)26-21-11-9-19(8-4-2)10-12-21/h9-12,20H,3-8,13-17H2,1-2H3/t20-,23-. The van der Waals surface area contributed by atoms with Crippen LogP contribution in [0.25, 0.3) is 0 Å². The monoisotopic (exact) mass is 355 g/mol. The number of hydrogen-bond donors (Lipinski definition) is 0. The van der Waals surface area contributed by atoms with E-state index in [0.717, 1.165) is 51.4 Å². The maximum Gasteiger partial charge on any atom is 0.314 e. The summed E-state index contributed by atoms with van der Waals surface area (Å²) in [6.45, 7) is 4.36. The average molecular weight is 356 g/mol. The Hall–Kier alpha value is -1.82. The van der Waals surface area contributed by atoms with E-state index in [1.165, 1.54) is 24.8 Å². The van der Waals surface area contributed by atoms with Crippen molar-refractivity contribution in [1.29, 1.82) is 5.26 Å². The number of aryl methyl sites for hydroxylation is 1. The number of esters is 1. The molecule has 0 atom stereocenters. The Labute approximate surface area is 158 Å². The molecular formula is C23H33NO2. The topological polar surface area (TPSA) is 50.1 Å². The molecule has 1 aromatic rings. The van der Waals surface area contributed by atoms with Crippen molar-refractivity contribution in [3.63, 3.8) is 0 Å². The van der Waals surface area contributed by atoms with Gasteiger partial charge >= 0.3 is 5.97 Å². The molecule has 0 N–H and O–H groups in total. The summed E-state index contributed by atoms with van der Waals surface area (Å²) >= 11 is 0. The molecule has 0 unspecified atom stereocenters. The van der Waals surface area contributed by atoms with Crippen LogP contribution in [-0.2, 0) is 11.2 Å². The van der Waals surface area contributed by atoms with Crippen LogP contribution in [0.15, 0.2) is 24.3 Å². The Morgan fingerprint density at radius 2 is 1.81 bits per heavy atom. The van der Waals surface area contributed by atoms with Gasteiger partial charge in [-0.25, -0.2) is 0 Å². The van der Waals surface area contributed by atoms with Crippen molar-refractivity contribution in [3.8, 4) is 11.8 Å². The number of unbranched alkanes of at least 4 members (excludes halogenated alkanes) is 3. The van der Waals surface area contributed by atoms with Gasteiger partial charge in [0.1, 0.15) is 5.75 Å². The van der Waals surface area contributed by atoms with Gasteiger partial charge in [-0.3, -0.25) is 4.79 Å². The minimum Gasteiger partial charge on any atom is -0.426 e. The third kappa shape index (κ3) is 5.87. The van der Waals surface area contributed by atoms with Crippen molar-refractivity contribution < 1.29 is 9.53 Å². The van der Waals surface area contributed by atoms with E-state index in [-0.39, 0.29) is 17.3 Å². The number of nitrogens with zero attached hydrogens (tertiary/aromatic N) is 1. The number of benzene rings is 1. The summed E-state index contributed by atoms with van der Waals surface area (Å²) in [6, 6.07) is 10.4. The molecule has 0 aromatic heterocycles. The molecule has 0 aliphatic heterocycles. The maximum atomic E-state index is 12.5. The van der Waals surface area contributed by atoms with E-state index in [9.17, 15) is 10.1 Å². The first kappa shape index (κ1) is 20.5. The fourth-order valence-electron chi connectivity index (χ4n) is 3.93. The summed E-state index contributed by atoms with van der Waals surface area (Å²) in [5.41, 5.74) is 1.05. The predicted octanol–water partition coefficient (Wildman–Crippen LogP) is 6.22. The van der Waals surface area contributed by atoms with Crippen molar-refractivity contribution in [3.05, 3.63) is 29.8 Å². The lowest BCUT2D eigenvalue weighted by Gasteiger charge is -2.34. The van der Waals surface area contributed by atoms with E-state index in [2.05, 4.69) is 19.9 Å². The normalized spacial score (nSPS) is 22.6. The van der Waals surface area contributed by atoms with Crippen molar-refractivity contribution in [2.24, 2.45) is 11.3 Å². The summed E-state index contributed by atoms with van der Waals surface area (Å²) < 4.78 is 5.58. The van der Waals surface area contributed by atoms with Crippen molar-refractivity contribution in [2.75, 3.05) is 0 Å². The summed E-state index contributed by atoms with van der Waals surface area (Å²) in [5, 5.41) is 9.66. The first-order valence-corrected chi connectivity index (χ1v) is 10.3. The Bertz CT molecular complexity index is 592. The quantitative estimate of drug-likeness (QED) is 0.300. The number of rotatable bonds is 9. The molecule has 1 aliphatic carbocycles. The van der Waals surface area contributed by atoms with Crippen molar-refractivity contribution >= 4 is 5.97 Å². The summed E-state index contributed by atoms with van der Waals surface area (Å²) in [7, 11) is 0. The van der Waals surface area contributed by atoms with Gasteiger partial charge in [0.15, 0.2) is 0 Å². The smallest absolute Gasteiger partial charge is 0.314 e. The molecule has 2 rings (SSSR count). The summed E-state index contributed by atoms with van der Waals surface area (Å²) in [4.78, 5) is 12.5. The minimum atomic E-state index is -0.216. The highest BCUT2D eigenvalue weighted by Crippen LogP contribution is 2.42. The number of carbonyl (C=O) groups is 1. The number of nitriles is 1. The third-order valence-corrected chi connectivity index (χ3v) is 5.70. The molecule has 3 heteroatoms. The summed E-state index contributed by atoms with van der Waals surface area (Å²) in [5.74, 6) is 0.430. The van der Waals surface area contributed by atoms with Crippen molar-refractivity contribution in [1.82, 2.24) is 0 Å². The molecule has 1 fully saturated rings. The molecule has 1 aliphatic rings. The van der Waals surface area contributed by atoms with Crippen LogP contribution in [0, 0.1) is 22.7 Å². The van der Waals surface area contributed by atoms with Crippen LogP contribution < -0.4 is 4.74 Å². The van der Waals surface area contributed by atoms with Gasteiger partial charge in [0.05, 0.1) is 17.4 Å². The van der Waals surface area contributed by atoms with Crippen LogP contribution in [-0.4, -0.2) is 5.97 Å². The Kier molecular flexibility index (Phi) is 8.16. The lowest BCUT2D eigenvalue weighted by atomic mass is 9.69. The van der Waals surface area contributed by atoms with Crippen LogP contribution in [0.3, 0.4) is 0 Å². The molecule has 1 aromatic carbocycles. The lowest BCUT2D eigenvalue weighted by Crippen LogP contribution is -2.31. The SMILES string of the molecule is CCCCCC[C@]1(C#N)CC[C@H](C(=O)Oc2ccc(CCC)cc2)CC1. The number of carbonyl (C=O) groups excluding carboxylic acids is 1. The van der Waals surface area contributed by atoms with Crippen molar-refractivity contribution in [2.45, 2.75) is 84.5 Å². The molecule has 1 saturated carbocycles. The van der Waals surface area contributed by atoms with E-state index < -0.39 is 0 Å². The first-order chi connectivity index (χ1) is 12.6. The molecule has 0 radical (unpaired) electrons. The van der Waals surface area contributed by atoms with Crippen LogP contribution >= 0.6 is 0 Å². The molecule has 0 saturated heterocycles. The van der Waals surface area contributed by atoms with E-state index in [0.29, 0.717) is 5.75 Å². The van der Waals surface area contributed by atoms with Gasteiger partial charge < -0.3 is 4.74 Å². The molecular weight excluding hydrogens is 322 g/mol. The van der Waals surface area contributed by atoms with Gasteiger partial charge in [-0.05, 0) is 56.2 Å². The highest BCUT2D eigenvalue weighted by Gasteiger charge is 2.37. The minimum absolute atomic E-state index is 0.0672. The first-order valence-electron chi connectivity index (χ1n) is 10.3. The van der Waals surface area contributed by atoms with Crippen LogP contribution in [0.5, 0.6) is 5.75 Å². The largest absolute Gasteiger partial charge is 0.426 e. The predicted molar refractivity (Wildman–Crippen MR) is 105 cm³/mol. The lowest BCUT2D eigenvalue weighted by molar-refractivity contribution is -0.140. The molecule has 3 nitrogen and oxygen atoms in total. The van der Waals surface area contributed by atoms with Crippen LogP contribution in [0.2, 0.25) is 0 Å². The zero-order valence-electron chi connectivity index (χ0n) is 16.4. The van der Waals surface area contributed by atoms with Gasteiger partial charge in [-0.2, -0.15) is 5.26 Å². The van der Waals surface area contributed by atoms with E-state index in [4.69, 9.17) is 4.74 Å². The zero-order chi connectivity index (χ0) is 18.8. The average Bonchev–Trinajstić information content (AvgIpc) is 2.67. The van der Waals surface area contributed by atoms with E-state index >= 15 is 0 Å². The van der Waals surface area contributed by atoms with E-state index in [1.54, 1.807) is 0 Å².